The molecule has 6 heteroatoms. The van der Waals surface area contributed by atoms with Crippen LogP contribution in [0.2, 0.25) is 0 Å². The maximum absolute atomic E-state index is 13.7. The smallest absolute Gasteiger partial charge is 0.141 e. The number of aromatic nitrogens is 2. The largest absolute Gasteiger partial charge is 0.399 e. The van der Waals surface area contributed by atoms with Crippen molar-refractivity contribution in [2.24, 2.45) is 0 Å². The zero-order valence-electron chi connectivity index (χ0n) is 10.5. The molecule has 2 aromatic heterocycles. The quantitative estimate of drug-likeness (QED) is 0.753. The van der Waals surface area contributed by atoms with Crippen LogP contribution in [0.3, 0.4) is 0 Å². The molecule has 1 unspecified atom stereocenters. The summed E-state index contributed by atoms with van der Waals surface area (Å²) >= 11 is 0. The van der Waals surface area contributed by atoms with Crippen LogP contribution in [0.4, 0.5) is 10.1 Å². The summed E-state index contributed by atoms with van der Waals surface area (Å²) in [6.45, 7) is 0. The normalized spacial score (nSPS) is 12.7. The predicted molar refractivity (Wildman–Crippen MR) is 76.1 cm³/mol. The van der Waals surface area contributed by atoms with Crippen molar-refractivity contribution in [3.8, 4) is 0 Å². The molecule has 4 nitrogen and oxygen atoms in total. The molecule has 0 saturated carbocycles. The highest BCUT2D eigenvalue weighted by molar-refractivity contribution is 7.84. The fourth-order valence-corrected chi connectivity index (χ4v) is 3.03. The molecule has 0 radical (unpaired) electrons. The Morgan fingerprint density at radius 1 is 1.30 bits per heavy atom. The molecule has 1 aromatic carbocycles. The van der Waals surface area contributed by atoms with Gasteiger partial charge in [0.1, 0.15) is 11.5 Å². The fourth-order valence-electron chi connectivity index (χ4n) is 1.97. The molecule has 2 heterocycles. The van der Waals surface area contributed by atoms with Crippen molar-refractivity contribution in [1.82, 2.24) is 9.38 Å². The Bertz CT molecular complexity index is 767. The molecule has 0 spiro atoms. The van der Waals surface area contributed by atoms with E-state index in [2.05, 4.69) is 4.98 Å². The van der Waals surface area contributed by atoms with Crippen molar-refractivity contribution in [2.75, 3.05) is 5.73 Å². The standard InChI is InChI=1S/C14H12FN3OS/c15-12-7-10(16)4-5-13(12)20(19)9-11-8-18-6-2-1-3-14(18)17-11/h1-8H,9,16H2. The second kappa shape index (κ2) is 5.05. The van der Waals surface area contributed by atoms with Gasteiger partial charge >= 0.3 is 0 Å². The van der Waals surface area contributed by atoms with E-state index < -0.39 is 16.6 Å². The van der Waals surface area contributed by atoms with Gasteiger partial charge in [0, 0.05) is 18.1 Å². The number of anilines is 1. The number of benzene rings is 1. The number of nitrogens with zero attached hydrogens (tertiary/aromatic N) is 2. The van der Waals surface area contributed by atoms with Crippen LogP contribution >= 0.6 is 0 Å². The van der Waals surface area contributed by atoms with E-state index in [1.165, 1.54) is 12.1 Å². The third-order valence-electron chi connectivity index (χ3n) is 2.89. The number of halogens is 1. The highest BCUT2D eigenvalue weighted by Gasteiger charge is 2.13. The summed E-state index contributed by atoms with van der Waals surface area (Å²) in [4.78, 5) is 4.50. The van der Waals surface area contributed by atoms with Gasteiger partial charge < -0.3 is 10.1 Å². The molecule has 0 amide bonds. The first-order chi connectivity index (χ1) is 9.63. The number of nitrogen functional groups attached to an aromatic ring is 1. The lowest BCUT2D eigenvalue weighted by molar-refractivity contribution is 0.596. The number of pyridine rings is 1. The van der Waals surface area contributed by atoms with Crippen LogP contribution in [-0.4, -0.2) is 13.6 Å². The number of fused-ring (bicyclic) bond motifs is 1. The molecule has 0 aliphatic carbocycles. The van der Waals surface area contributed by atoms with Gasteiger partial charge in [0.25, 0.3) is 0 Å². The number of hydrogen-bond acceptors (Lipinski definition) is 3. The first-order valence-corrected chi connectivity index (χ1v) is 7.31. The van der Waals surface area contributed by atoms with Crippen molar-refractivity contribution in [1.29, 1.82) is 0 Å². The number of hydrogen-bond donors (Lipinski definition) is 1. The Morgan fingerprint density at radius 3 is 2.90 bits per heavy atom. The summed E-state index contributed by atoms with van der Waals surface area (Å²) in [5.41, 5.74) is 7.23. The lowest BCUT2D eigenvalue weighted by Crippen LogP contribution is -2.00. The molecule has 3 rings (SSSR count). The lowest BCUT2D eigenvalue weighted by atomic mass is 10.3. The summed E-state index contributed by atoms with van der Waals surface area (Å²) in [5, 5.41) is 0. The molecule has 2 N–H and O–H groups in total. The highest BCUT2D eigenvalue weighted by atomic mass is 32.2. The fraction of sp³-hybridized carbons (Fsp3) is 0.0714. The van der Waals surface area contributed by atoms with Gasteiger partial charge in [0.15, 0.2) is 0 Å². The maximum Gasteiger partial charge on any atom is 0.141 e. The van der Waals surface area contributed by atoms with E-state index in [4.69, 9.17) is 5.73 Å². The van der Waals surface area contributed by atoms with Gasteiger partial charge in [0.05, 0.1) is 27.1 Å². The van der Waals surface area contributed by atoms with E-state index in [1.54, 1.807) is 12.3 Å². The Kier molecular flexibility index (Phi) is 3.23. The molecular formula is C14H12FN3OS. The van der Waals surface area contributed by atoms with Crippen LogP contribution in [0.25, 0.3) is 5.65 Å². The SMILES string of the molecule is Nc1ccc(S(=O)Cc2cn3ccccc3n2)c(F)c1. The van der Waals surface area contributed by atoms with E-state index in [0.717, 1.165) is 5.65 Å². The second-order valence-corrected chi connectivity index (χ2v) is 5.80. The van der Waals surface area contributed by atoms with E-state index in [-0.39, 0.29) is 10.6 Å². The van der Waals surface area contributed by atoms with Crippen molar-refractivity contribution in [3.63, 3.8) is 0 Å². The minimum Gasteiger partial charge on any atom is -0.399 e. The molecular weight excluding hydrogens is 277 g/mol. The molecule has 0 aliphatic heterocycles. The minimum atomic E-state index is -1.49. The van der Waals surface area contributed by atoms with Gasteiger partial charge in [-0.3, -0.25) is 4.21 Å². The Morgan fingerprint density at radius 2 is 2.15 bits per heavy atom. The monoisotopic (exact) mass is 289 g/mol. The van der Waals surface area contributed by atoms with Crippen molar-refractivity contribution in [2.45, 2.75) is 10.6 Å². The van der Waals surface area contributed by atoms with Crippen LogP contribution < -0.4 is 5.73 Å². The maximum atomic E-state index is 13.7. The van der Waals surface area contributed by atoms with Crippen molar-refractivity contribution in [3.05, 3.63) is 60.3 Å². The first kappa shape index (κ1) is 12.8. The number of imidazole rings is 1. The average Bonchev–Trinajstić information content (AvgIpc) is 2.80. The molecule has 0 aliphatic rings. The molecule has 0 fully saturated rings. The minimum absolute atomic E-state index is 0.149. The zero-order chi connectivity index (χ0) is 14.1. The Balaban J connectivity index is 1.88. The average molecular weight is 289 g/mol. The van der Waals surface area contributed by atoms with Crippen molar-refractivity contribution >= 4 is 22.1 Å². The summed E-state index contributed by atoms with van der Waals surface area (Å²) in [5.74, 6) is -0.380. The van der Waals surface area contributed by atoms with Gasteiger partial charge in [0.2, 0.25) is 0 Å². The highest BCUT2D eigenvalue weighted by Crippen LogP contribution is 2.18. The van der Waals surface area contributed by atoms with Gasteiger partial charge in [-0.2, -0.15) is 0 Å². The Labute approximate surface area is 117 Å². The van der Waals surface area contributed by atoms with E-state index in [9.17, 15) is 8.60 Å². The van der Waals surface area contributed by atoms with Crippen LogP contribution in [0.1, 0.15) is 5.69 Å². The van der Waals surface area contributed by atoms with Gasteiger partial charge in [-0.1, -0.05) is 6.07 Å². The van der Waals surface area contributed by atoms with E-state index >= 15 is 0 Å². The van der Waals surface area contributed by atoms with E-state index in [1.807, 2.05) is 28.8 Å². The third-order valence-corrected chi connectivity index (χ3v) is 4.27. The molecule has 3 aromatic rings. The molecule has 102 valence electrons. The van der Waals surface area contributed by atoms with Crippen LogP contribution in [0.5, 0.6) is 0 Å². The van der Waals surface area contributed by atoms with Gasteiger partial charge in [-0.05, 0) is 30.3 Å². The zero-order valence-corrected chi connectivity index (χ0v) is 11.3. The van der Waals surface area contributed by atoms with Crippen LogP contribution in [0, 0.1) is 5.82 Å². The molecule has 1 atom stereocenters. The first-order valence-electron chi connectivity index (χ1n) is 5.99. The topological polar surface area (TPSA) is 60.4 Å². The Hall–Kier alpha value is -2.21. The molecule has 0 saturated heterocycles. The number of nitrogens with two attached hydrogens (primary N) is 1. The van der Waals surface area contributed by atoms with E-state index in [0.29, 0.717) is 11.4 Å². The van der Waals surface area contributed by atoms with Crippen LogP contribution in [0.15, 0.2) is 53.7 Å². The summed E-state index contributed by atoms with van der Waals surface area (Å²) < 4.78 is 27.8. The number of rotatable bonds is 3. The van der Waals surface area contributed by atoms with Gasteiger partial charge in [-0.15, -0.1) is 0 Å². The summed E-state index contributed by atoms with van der Waals surface area (Å²) in [7, 11) is -1.49. The summed E-state index contributed by atoms with van der Waals surface area (Å²) in [6.07, 6.45) is 3.65. The lowest BCUT2D eigenvalue weighted by Gasteiger charge is -2.02. The van der Waals surface area contributed by atoms with Crippen LogP contribution in [-0.2, 0) is 16.6 Å². The predicted octanol–water partition coefficient (Wildman–Crippen LogP) is 2.36. The third kappa shape index (κ3) is 2.42. The van der Waals surface area contributed by atoms with Gasteiger partial charge in [-0.25, -0.2) is 9.37 Å². The second-order valence-electron chi connectivity index (χ2n) is 4.38. The summed E-state index contributed by atoms with van der Waals surface area (Å²) in [6, 6.07) is 9.79. The molecule has 20 heavy (non-hydrogen) atoms. The molecule has 0 bridgehead atoms. The van der Waals surface area contributed by atoms with Crippen molar-refractivity contribution < 1.29 is 8.60 Å².